The van der Waals surface area contributed by atoms with Crippen LogP contribution in [0.3, 0.4) is 0 Å². The van der Waals surface area contributed by atoms with Crippen molar-refractivity contribution in [1.29, 1.82) is 0 Å². The number of hydrogen-bond acceptors (Lipinski definition) is 4. The molecule has 45 heavy (non-hydrogen) atoms. The van der Waals surface area contributed by atoms with Crippen LogP contribution in [0.1, 0.15) is 31.4 Å². The number of sulfonamides is 1. The second-order valence-electron chi connectivity index (χ2n) is 10.5. The van der Waals surface area contributed by atoms with Crippen molar-refractivity contribution in [2.24, 2.45) is 0 Å². The Kier molecular flexibility index (Phi) is 11.6. The van der Waals surface area contributed by atoms with Gasteiger partial charge in [-0.15, -0.1) is 0 Å². The van der Waals surface area contributed by atoms with E-state index in [0.29, 0.717) is 6.42 Å². The van der Waals surface area contributed by atoms with Gasteiger partial charge in [-0.05, 0) is 49.2 Å². The van der Waals surface area contributed by atoms with Gasteiger partial charge in [-0.3, -0.25) is 13.9 Å². The maximum absolute atomic E-state index is 15.0. The summed E-state index contributed by atoms with van der Waals surface area (Å²) in [5.74, 6) is -1.76. The molecule has 7 nitrogen and oxygen atoms in total. The van der Waals surface area contributed by atoms with E-state index >= 15 is 4.39 Å². The first kappa shape index (κ1) is 34.0. The Labute approximate surface area is 273 Å². The molecule has 11 heteroatoms. The number of hydrogen-bond donors (Lipinski definition) is 1. The lowest BCUT2D eigenvalue weighted by molar-refractivity contribution is -0.140. The highest BCUT2D eigenvalue weighted by molar-refractivity contribution is 7.92. The van der Waals surface area contributed by atoms with Gasteiger partial charge in [0.25, 0.3) is 10.0 Å². The van der Waals surface area contributed by atoms with Gasteiger partial charge in [0, 0.05) is 24.6 Å². The molecular weight excluding hydrogens is 636 g/mol. The second-order valence-corrected chi connectivity index (χ2v) is 13.2. The van der Waals surface area contributed by atoms with E-state index in [1.165, 1.54) is 53.4 Å². The zero-order valence-electron chi connectivity index (χ0n) is 24.9. The molecule has 0 saturated carbocycles. The average Bonchev–Trinajstić information content (AvgIpc) is 3.04. The summed E-state index contributed by atoms with van der Waals surface area (Å²) in [4.78, 5) is 29.4. The first-order valence-corrected chi connectivity index (χ1v) is 16.6. The predicted octanol–water partition coefficient (Wildman–Crippen LogP) is 6.88. The van der Waals surface area contributed by atoms with Crippen LogP contribution >= 0.6 is 23.2 Å². The van der Waals surface area contributed by atoms with Crippen molar-refractivity contribution in [3.63, 3.8) is 0 Å². The smallest absolute Gasteiger partial charge is 0.264 e. The van der Waals surface area contributed by atoms with E-state index in [9.17, 15) is 18.0 Å². The van der Waals surface area contributed by atoms with Gasteiger partial charge >= 0.3 is 0 Å². The Bertz CT molecular complexity index is 1730. The van der Waals surface area contributed by atoms with Gasteiger partial charge in [-0.2, -0.15) is 0 Å². The highest BCUT2D eigenvalue weighted by atomic mass is 35.5. The van der Waals surface area contributed by atoms with Crippen molar-refractivity contribution in [1.82, 2.24) is 10.2 Å². The molecule has 4 aromatic carbocycles. The molecule has 4 aromatic rings. The van der Waals surface area contributed by atoms with E-state index in [0.717, 1.165) is 9.87 Å². The molecule has 0 bridgehead atoms. The maximum Gasteiger partial charge on any atom is 0.264 e. The van der Waals surface area contributed by atoms with E-state index in [2.05, 4.69) is 5.32 Å². The predicted molar refractivity (Wildman–Crippen MR) is 176 cm³/mol. The van der Waals surface area contributed by atoms with E-state index in [1.54, 1.807) is 24.3 Å². The first-order valence-electron chi connectivity index (χ1n) is 14.4. The quantitative estimate of drug-likeness (QED) is 0.168. The summed E-state index contributed by atoms with van der Waals surface area (Å²) in [6, 6.07) is 25.8. The summed E-state index contributed by atoms with van der Waals surface area (Å²) in [7, 11) is -4.36. The van der Waals surface area contributed by atoms with Gasteiger partial charge in [0.15, 0.2) is 0 Å². The van der Waals surface area contributed by atoms with Crippen LogP contribution in [0.5, 0.6) is 0 Å². The van der Waals surface area contributed by atoms with E-state index < -0.39 is 40.2 Å². The summed E-state index contributed by atoms with van der Waals surface area (Å²) in [5, 5.41) is 2.97. The maximum atomic E-state index is 15.0. The Morgan fingerprint density at radius 2 is 1.49 bits per heavy atom. The number of benzene rings is 4. The fraction of sp³-hybridized carbons (Fsp3) is 0.235. The van der Waals surface area contributed by atoms with Crippen LogP contribution in [0.2, 0.25) is 10.0 Å². The average molecular weight is 671 g/mol. The number of halogens is 3. The Morgan fingerprint density at radius 3 is 2.13 bits per heavy atom. The minimum Gasteiger partial charge on any atom is -0.352 e. The van der Waals surface area contributed by atoms with E-state index in [1.807, 2.05) is 44.2 Å². The third kappa shape index (κ3) is 8.42. The van der Waals surface area contributed by atoms with Crippen LogP contribution in [-0.2, 0) is 32.6 Å². The van der Waals surface area contributed by atoms with Crippen molar-refractivity contribution in [3.05, 3.63) is 130 Å². The monoisotopic (exact) mass is 669 g/mol. The lowest BCUT2D eigenvalue weighted by atomic mass is 10.0. The Hall–Kier alpha value is -3.92. The topological polar surface area (TPSA) is 86.8 Å². The molecule has 0 radical (unpaired) electrons. The van der Waals surface area contributed by atoms with Gasteiger partial charge < -0.3 is 10.2 Å². The molecule has 0 spiro atoms. The summed E-state index contributed by atoms with van der Waals surface area (Å²) in [5.41, 5.74) is 0.911. The molecule has 2 amide bonds. The third-order valence-electron chi connectivity index (χ3n) is 7.38. The fourth-order valence-electron chi connectivity index (χ4n) is 4.72. The molecule has 0 fully saturated rings. The first-order chi connectivity index (χ1) is 21.5. The molecule has 0 aromatic heterocycles. The van der Waals surface area contributed by atoms with Crippen molar-refractivity contribution < 1.29 is 22.4 Å². The van der Waals surface area contributed by atoms with Crippen LogP contribution in [0.4, 0.5) is 10.1 Å². The molecule has 4 rings (SSSR count). The molecule has 0 heterocycles. The SMILES string of the molecule is CCC(C)NC(=O)C(Cc1ccccc1)N(Cc1ccccc1F)C(=O)CN(c1cccc(Cl)c1Cl)S(=O)(=O)c1ccccc1. The Balaban J connectivity index is 1.84. The zero-order valence-corrected chi connectivity index (χ0v) is 27.2. The number of amides is 2. The number of rotatable bonds is 13. The summed E-state index contributed by atoms with van der Waals surface area (Å²) < 4.78 is 44.0. The lowest BCUT2D eigenvalue weighted by Crippen LogP contribution is -2.54. The van der Waals surface area contributed by atoms with Crippen LogP contribution in [0.25, 0.3) is 0 Å². The van der Waals surface area contributed by atoms with E-state index in [-0.39, 0.29) is 45.2 Å². The molecule has 1 N–H and O–H groups in total. The molecule has 2 unspecified atom stereocenters. The molecule has 0 aliphatic rings. The van der Waals surface area contributed by atoms with Crippen LogP contribution in [0.15, 0.2) is 108 Å². The largest absolute Gasteiger partial charge is 0.352 e. The lowest BCUT2D eigenvalue weighted by Gasteiger charge is -2.34. The van der Waals surface area contributed by atoms with Crippen molar-refractivity contribution in [2.75, 3.05) is 10.8 Å². The van der Waals surface area contributed by atoms with Gasteiger partial charge in [0.2, 0.25) is 11.8 Å². The molecule has 0 saturated heterocycles. The van der Waals surface area contributed by atoms with Crippen LogP contribution in [-0.4, -0.2) is 43.8 Å². The van der Waals surface area contributed by atoms with Crippen molar-refractivity contribution in [3.8, 4) is 0 Å². The molecule has 2 atom stereocenters. The molecule has 0 aliphatic heterocycles. The standard InChI is InChI=1S/C34H34Cl2FN3O4S/c1-3-24(2)38-34(42)31(21-25-13-6-4-7-14-25)39(22-26-15-10-11-19-29(26)37)32(41)23-40(30-20-12-18-28(35)33(30)36)45(43,44)27-16-8-5-9-17-27/h4-20,24,31H,3,21-23H2,1-2H3,(H,38,42). The fourth-order valence-corrected chi connectivity index (χ4v) is 6.62. The highest BCUT2D eigenvalue weighted by Gasteiger charge is 2.36. The number of nitrogens with zero attached hydrogens (tertiary/aromatic N) is 2. The minimum atomic E-state index is -4.36. The minimum absolute atomic E-state index is 0.0177. The molecular formula is C34H34Cl2FN3O4S. The van der Waals surface area contributed by atoms with Gasteiger partial charge in [0.05, 0.1) is 20.6 Å². The summed E-state index contributed by atoms with van der Waals surface area (Å²) in [6.45, 7) is 2.73. The van der Waals surface area contributed by atoms with Crippen LogP contribution in [0, 0.1) is 5.82 Å². The van der Waals surface area contributed by atoms with Crippen LogP contribution < -0.4 is 9.62 Å². The zero-order chi connectivity index (χ0) is 32.6. The summed E-state index contributed by atoms with van der Waals surface area (Å²) in [6.07, 6.45) is 0.744. The second kappa shape index (κ2) is 15.4. The molecule has 236 valence electrons. The summed E-state index contributed by atoms with van der Waals surface area (Å²) >= 11 is 12.8. The number of nitrogens with one attached hydrogen (secondary N) is 1. The van der Waals surface area contributed by atoms with E-state index in [4.69, 9.17) is 23.2 Å². The van der Waals surface area contributed by atoms with Gasteiger partial charge in [0.1, 0.15) is 18.4 Å². The van der Waals surface area contributed by atoms with Gasteiger partial charge in [-0.1, -0.05) is 103 Å². The highest BCUT2D eigenvalue weighted by Crippen LogP contribution is 2.35. The normalized spacial score (nSPS) is 12.6. The van der Waals surface area contributed by atoms with Crippen molar-refractivity contribution >= 4 is 50.7 Å². The number of carbonyl (C=O) groups is 2. The van der Waals surface area contributed by atoms with Crippen molar-refractivity contribution in [2.45, 2.75) is 50.2 Å². The number of carbonyl (C=O) groups excluding carboxylic acids is 2. The molecule has 0 aliphatic carbocycles. The number of anilines is 1. The Morgan fingerprint density at radius 1 is 0.867 bits per heavy atom. The third-order valence-corrected chi connectivity index (χ3v) is 9.96. The van der Waals surface area contributed by atoms with Gasteiger partial charge in [-0.25, -0.2) is 12.8 Å².